The summed E-state index contributed by atoms with van der Waals surface area (Å²) in [7, 11) is 1.80. The van der Waals surface area contributed by atoms with Gasteiger partial charge in [-0.15, -0.1) is 0 Å². The molecule has 2 aliphatic rings. The number of likely N-dealkylation sites (N-methyl/N-ethyl adjacent to an activating group) is 1. The molecule has 148 valence electrons. The monoisotopic (exact) mass is 391 g/mol. The molecule has 7 heteroatoms. The second-order valence-electron chi connectivity index (χ2n) is 7.46. The standard InChI is InChI=1S/C20H29N3O3S/c1-16-6-3-4-7-17(16)13-27-11-5-9-21-19(25)23-10-8-20(15-23)14-22(2)18(24)12-26-20/h3-4,6-7H,5,8-15H2,1-2H3,(H,21,25)/t20-/m1/s1. The van der Waals surface area contributed by atoms with Crippen LogP contribution >= 0.6 is 11.8 Å². The van der Waals surface area contributed by atoms with Crippen molar-refractivity contribution in [1.29, 1.82) is 0 Å². The Morgan fingerprint density at radius 2 is 2.15 bits per heavy atom. The van der Waals surface area contributed by atoms with E-state index in [1.807, 2.05) is 16.7 Å². The van der Waals surface area contributed by atoms with Gasteiger partial charge in [-0.25, -0.2) is 4.79 Å². The fraction of sp³-hybridized carbons (Fsp3) is 0.600. The molecule has 3 rings (SSSR count). The Labute approximate surface area is 165 Å². The molecule has 2 fully saturated rings. The Bertz CT molecular complexity index is 684. The van der Waals surface area contributed by atoms with Crippen LogP contribution in [0.3, 0.4) is 0 Å². The Morgan fingerprint density at radius 1 is 1.33 bits per heavy atom. The van der Waals surface area contributed by atoms with Gasteiger partial charge in [0.1, 0.15) is 12.2 Å². The van der Waals surface area contributed by atoms with Crippen molar-refractivity contribution in [3.8, 4) is 0 Å². The minimum absolute atomic E-state index is 0.00622. The topological polar surface area (TPSA) is 61.9 Å². The van der Waals surface area contributed by atoms with Crippen molar-refractivity contribution in [2.75, 3.05) is 45.6 Å². The van der Waals surface area contributed by atoms with E-state index < -0.39 is 0 Å². The maximum atomic E-state index is 12.4. The minimum Gasteiger partial charge on any atom is -0.361 e. The van der Waals surface area contributed by atoms with Crippen molar-refractivity contribution < 1.29 is 14.3 Å². The average molecular weight is 392 g/mol. The molecular weight excluding hydrogens is 362 g/mol. The van der Waals surface area contributed by atoms with E-state index >= 15 is 0 Å². The summed E-state index contributed by atoms with van der Waals surface area (Å²) in [6, 6.07) is 8.43. The molecule has 1 aromatic carbocycles. The van der Waals surface area contributed by atoms with Gasteiger partial charge in [-0.1, -0.05) is 24.3 Å². The van der Waals surface area contributed by atoms with Crippen LogP contribution < -0.4 is 5.32 Å². The number of ether oxygens (including phenoxy) is 1. The molecule has 0 aromatic heterocycles. The fourth-order valence-corrected chi connectivity index (χ4v) is 4.63. The van der Waals surface area contributed by atoms with Crippen LogP contribution in [-0.2, 0) is 15.3 Å². The van der Waals surface area contributed by atoms with Crippen LogP contribution in [0.25, 0.3) is 0 Å². The first-order valence-electron chi connectivity index (χ1n) is 9.52. The molecule has 6 nitrogen and oxygen atoms in total. The molecule has 1 aromatic rings. The number of likely N-dealkylation sites (tertiary alicyclic amines) is 1. The van der Waals surface area contributed by atoms with Gasteiger partial charge in [0, 0.05) is 25.9 Å². The third-order valence-corrected chi connectivity index (χ3v) is 6.41. The largest absolute Gasteiger partial charge is 0.361 e. The predicted octanol–water partition coefficient (Wildman–Crippen LogP) is 2.26. The van der Waals surface area contributed by atoms with Gasteiger partial charge >= 0.3 is 6.03 Å². The number of hydrogen-bond donors (Lipinski definition) is 1. The highest BCUT2D eigenvalue weighted by atomic mass is 32.2. The van der Waals surface area contributed by atoms with Gasteiger partial charge in [-0.05, 0) is 36.6 Å². The summed E-state index contributed by atoms with van der Waals surface area (Å²) in [5.74, 6) is 2.04. The summed E-state index contributed by atoms with van der Waals surface area (Å²) in [6.45, 7) is 4.73. The Morgan fingerprint density at radius 3 is 2.93 bits per heavy atom. The van der Waals surface area contributed by atoms with Gasteiger partial charge in [-0.3, -0.25) is 4.79 Å². The van der Waals surface area contributed by atoms with Gasteiger partial charge in [0.05, 0.1) is 13.1 Å². The van der Waals surface area contributed by atoms with Crippen LogP contribution in [0.5, 0.6) is 0 Å². The average Bonchev–Trinajstić information content (AvgIpc) is 3.06. The third kappa shape index (κ3) is 5.17. The van der Waals surface area contributed by atoms with Crippen molar-refractivity contribution >= 4 is 23.7 Å². The molecule has 0 aliphatic carbocycles. The zero-order valence-electron chi connectivity index (χ0n) is 16.2. The SMILES string of the molecule is Cc1ccccc1CSCCCNC(=O)N1CC[C@@]2(CN(C)C(=O)CO2)C1. The molecular formula is C20H29N3O3S. The Balaban J connectivity index is 1.32. The number of thioether (sulfide) groups is 1. The molecule has 0 bridgehead atoms. The van der Waals surface area contributed by atoms with E-state index in [0.29, 0.717) is 26.2 Å². The number of urea groups is 1. The number of carbonyl (C=O) groups excluding carboxylic acids is 2. The smallest absolute Gasteiger partial charge is 0.317 e. The fourth-order valence-electron chi connectivity index (χ4n) is 3.59. The van der Waals surface area contributed by atoms with Gasteiger partial charge in [0.15, 0.2) is 0 Å². The highest BCUT2D eigenvalue weighted by Crippen LogP contribution is 2.29. The second kappa shape index (κ2) is 8.97. The zero-order chi connectivity index (χ0) is 19.3. The molecule has 1 atom stereocenters. The summed E-state index contributed by atoms with van der Waals surface area (Å²) in [4.78, 5) is 27.5. The molecule has 2 aliphatic heterocycles. The molecule has 2 heterocycles. The molecule has 3 amide bonds. The highest BCUT2D eigenvalue weighted by molar-refractivity contribution is 7.98. The highest BCUT2D eigenvalue weighted by Gasteiger charge is 2.45. The summed E-state index contributed by atoms with van der Waals surface area (Å²) in [6.07, 6.45) is 1.74. The molecule has 1 N–H and O–H groups in total. The number of nitrogens with one attached hydrogen (secondary N) is 1. The van der Waals surface area contributed by atoms with E-state index in [1.165, 1.54) is 11.1 Å². The third-order valence-electron chi connectivity index (χ3n) is 5.32. The lowest BCUT2D eigenvalue weighted by Gasteiger charge is -2.38. The van der Waals surface area contributed by atoms with Crippen molar-refractivity contribution in [3.63, 3.8) is 0 Å². The first-order valence-corrected chi connectivity index (χ1v) is 10.7. The Hall–Kier alpha value is -1.73. The number of amides is 3. The van der Waals surface area contributed by atoms with E-state index in [9.17, 15) is 9.59 Å². The summed E-state index contributed by atoms with van der Waals surface area (Å²) in [5.41, 5.74) is 2.33. The predicted molar refractivity (Wildman–Crippen MR) is 108 cm³/mol. The van der Waals surface area contributed by atoms with Gasteiger partial charge < -0.3 is 19.9 Å². The maximum Gasteiger partial charge on any atom is 0.317 e. The van der Waals surface area contributed by atoms with Crippen LogP contribution in [0.1, 0.15) is 24.0 Å². The van der Waals surface area contributed by atoms with E-state index in [1.54, 1.807) is 11.9 Å². The van der Waals surface area contributed by atoms with Crippen LogP contribution in [0.2, 0.25) is 0 Å². The number of hydrogen-bond acceptors (Lipinski definition) is 4. The molecule has 0 unspecified atom stereocenters. The van der Waals surface area contributed by atoms with Crippen LogP contribution in [-0.4, -0.2) is 72.9 Å². The first kappa shape index (κ1) is 20.0. The second-order valence-corrected chi connectivity index (χ2v) is 8.56. The molecule has 0 radical (unpaired) electrons. The number of carbonyl (C=O) groups is 2. The van der Waals surface area contributed by atoms with Crippen molar-refractivity contribution in [2.24, 2.45) is 0 Å². The van der Waals surface area contributed by atoms with E-state index in [2.05, 4.69) is 36.5 Å². The summed E-state index contributed by atoms with van der Waals surface area (Å²) < 4.78 is 5.78. The number of benzene rings is 1. The lowest BCUT2D eigenvalue weighted by atomic mass is 10.0. The molecule has 2 saturated heterocycles. The van der Waals surface area contributed by atoms with Crippen LogP contribution in [0, 0.1) is 6.92 Å². The minimum atomic E-state index is -0.386. The van der Waals surface area contributed by atoms with Crippen molar-refractivity contribution in [2.45, 2.75) is 31.1 Å². The number of rotatable bonds is 6. The number of aryl methyl sites for hydroxylation is 1. The molecule has 1 spiro atoms. The number of nitrogens with zero attached hydrogens (tertiary/aromatic N) is 2. The maximum absolute atomic E-state index is 12.4. The summed E-state index contributed by atoms with van der Waals surface area (Å²) >= 11 is 1.90. The van der Waals surface area contributed by atoms with Gasteiger partial charge in [-0.2, -0.15) is 11.8 Å². The van der Waals surface area contributed by atoms with Gasteiger partial charge in [0.25, 0.3) is 0 Å². The van der Waals surface area contributed by atoms with Crippen LogP contribution in [0.15, 0.2) is 24.3 Å². The Kier molecular flexibility index (Phi) is 6.65. The molecule has 0 saturated carbocycles. The quantitative estimate of drug-likeness (QED) is 0.756. The number of morpholine rings is 1. The first-order chi connectivity index (χ1) is 13.0. The lowest BCUT2D eigenvalue weighted by Crippen LogP contribution is -2.55. The van der Waals surface area contributed by atoms with Crippen LogP contribution in [0.4, 0.5) is 4.79 Å². The van der Waals surface area contributed by atoms with E-state index in [-0.39, 0.29) is 24.1 Å². The summed E-state index contributed by atoms with van der Waals surface area (Å²) in [5, 5.41) is 3.01. The van der Waals surface area contributed by atoms with Crippen molar-refractivity contribution in [3.05, 3.63) is 35.4 Å². The normalized spacial score (nSPS) is 22.5. The lowest BCUT2D eigenvalue weighted by molar-refractivity contribution is -0.158. The van der Waals surface area contributed by atoms with Crippen molar-refractivity contribution in [1.82, 2.24) is 15.1 Å². The zero-order valence-corrected chi connectivity index (χ0v) is 17.0. The van der Waals surface area contributed by atoms with Gasteiger partial charge in [0.2, 0.25) is 5.91 Å². The van der Waals surface area contributed by atoms with E-state index in [4.69, 9.17) is 4.74 Å². The molecule has 27 heavy (non-hydrogen) atoms. The van der Waals surface area contributed by atoms with E-state index in [0.717, 1.165) is 24.3 Å².